The average molecular weight is 520 g/mol. The lowest BCUT2D eigenvalue weighted by Crippen LogP contribution is -2.35. The second-order valence-electron chi connectivity index (χ2n) is 9.70. The van der Waals surface area contributed by atoms with Crippen LogP contribution < -0.4 is 10.2 Å². The van der Waals surface area contributed by atoms with E-state index in [9.17, 15) is 13.2 Å². The molecule has 1 amide bonds. The lowest BCUT2D eigenvalue weighted by atomic mass is 10.1. The van der Waals surface area contributed by atoms with Crippen molar-refractivity contribution in [3.63, 3.8) is 0 Å². The summed E-state index contributed by atoms with van der Waals surface area (Å²) in [6.45, 7) is 3.12. The van der Waals surface area contributed by atoms with E-state index in [2.05, 4.69) is 20.4 Å². The molecular weight excluding hydrogens is 486 g/mol. The van der Waals surface area contributed by atoms with E-state index in [0.29, 0.717) is 24.3 Å². The number of nitrogens with one attached hydrogen (secondary N) is 1. The molecule has 8 nitrogen and oxygen atoms in total. The molecular formula is C28H33N5O3S. The molecule has 3 heterocycles. The van der Waals surface area contributed by atoms with Crippen molar-refractivity contribution in [1.29, 1.82) is 0 Å². The first-order valence-corrected chi connectivity index (χ1v) is 14.6. The molecule has 0 radical (unpaired) electrons. The van der Waals surface area contributed by atoms with E-state index in [0.717, 1.165) is 49.4 Å². The third-order valence-electron chi connectivity index (χ3n) is 7.07. The van der Waals surface area contributed by atoms with Crippen LogP contribution in [0.2, 0.25) is 0 Å². The number of nitrogens with zero attached hydrogens (tertiary/aromatic N) is 4. The number of benzene rings is 2. The molecule has 5 rings (SSSR count). The van der Waals surface area contributed by atoms with Crippen LogP contribution >= 0.6 is 0 Å². The summed E-state index contributed by atoms with van der Waals surface area (Å²) in [6.07, 6.45) is 7.72. The molecule has 194 valence electrons. The first-order valence-electron chi connectivity index (χ1n) is 13.1. The SMILES string of the molecule is O=C(Nc1cccc(-c2ccc(N3CCCCCC3)nn2)c1)c1ccc(S(=O)(=O)N2CCCCC2)cc1. The van der Waals surface area contributed by atoms with Crippen LogP contribution in [-0.2, 0) is 10.0 Å². The minimum absolute atomic E-state index is 0.218. The Labute approximate surface area is 218 Å². The summed E-state index contributed by atoms with van der Waals surface area (Å²) in [4.78, 5) is 15.4. The molecule has 0 spiro atoms. The van der Waals surface area contributed by atoms with Gasteiger partial charge in [0, 0.05) is 43.0 Å². The minimum Gasteiger partial charge on any atom is -0.355 e. The van der Waals surface area contributed by atoms with Crippen molar-refractivity contribution >= 4 is 27.4 Å². The number of hydrogen-bond acceptors (Lipinski definition) is 6. The van der Waals surface area contributed by atoms with Gasteiger partial charge in [-0.2, -0.15) is 4.31 Å². The predicted molar refractivity (Wildman–Crippen MR) is 145 cm³/mol. The van der Waals surface area contributed by atoms with Gasteiger partial charge in [-0.25, -0.2) is 8.42 Å². The van der Waals surface area contributed by atoms with Crippen molar-refractivity contribution in [2.24, 2.45) is 0 Å². The van der Waals surface area contributed by atoms with E-state index in [1.165, 1.54) is 42.1 Å². The summed E-state index contributed by atoms with van der Waals surface area (Å²) in [7, 11) is -3.53. The van der Waals surface area contributed by atoms with Crippen molar-refractivity contribution in [2.75, 3.05) is 36.4 Å². The second-order valence-corrected chi connectivity index (χ2v) is 11.6. The second kappa shape index (κ2) is 11.4. The highest BCUT2D eigenvalue weighted by molar-refractivity contribution is 7.89. The van der Waals surface area contributed by atoms with Crippen molar-refractivity contribution < 1.29 is 13.2 Å². The summed E-state index contributed by atoms with van der Waals surface area (Å²) < 4.78 is 27.3. The summed E-state index contributed by atoms with van der Waals surface area (Å²) in [5.41, 5.74) is 2.62. The topological polar surface area (TPSA) is 95.5 Å². The van der Waals surface area contributed by atoms with Gasteiger partial charge < -0.3 is 10.2 Å². The van der Waals surface area contributed by atoms with Crippen LogP contribution in [0.3, 0.4) is 0 Å². The molecule has 0 atom stereocenters. The van der Waals surface area contributed by atoms with Crippen molar-refractivity contribution in [1.82, 2.24) is 14.5 Å². The Morgan fingerprint density at radius 3 is 2.11 bits per heavy atom. The molecule has 0 aliphatic carbocycles. The zero-order valence-electron chi connectivity index (χ0n) is 21.0. The summed E-state index contributed by atoms with van der Waals surface area (Å²) >= 11 is 0. The molecule has 0 bridgehead atoms. The van der Waals surface area contributed by atoms with Gasteiger partial charge >= 0.3 is 0 Å². The van der Waals surface area contributed by atoms with Gasteiger partial charge in [0.25, 0.3) is 5.91 Å². The highest BCUT2D eigenvalue weighted by Gasteiger charge is 2.26. The third kappa shape index (κ3) is 5.99. The maximum atomic E-state index is 12.9. The van der Waals surface area contributed by atoms with Crippen LogP contribution in [-0.4, -0.2) is 55.0 Å². The van der Waals surface area contributed by atoms with Crippen LogP contribution in [0.15, 0.2) is 65.6 Å². The maximum absolute atomic E-state index is 12.9. The Hall–Kier alpha value is -3.30. The molecule has 0 unspecified atom stereocenters. The van der Waals surface area contributed by atoms with Gasteiger partial charge in [-0.05, 0) is 74.2 Å². The molecule has 9 heteroatoms. The minimum atomic E-state index is -3.53. The van der Waals surface area contributed by atoms with Gasteiger partial charge in [0.05, 0.1) is 10.6 Å². The zero-order chi connectivity index (χ0) is 25.7. The monoisotopic (exact) mass is 519 g/mol. The fraction of sp³-hybridized carbons (Fsp3) is 0.393. The Bertz CT molecular complexity index is 1310. The van der Waals surface area contributed by atoms with E-state index in [-0.39, 0.29) is 10.8 Å². The number of sulfonamides is 1. The van der Waals surface area contributed by atoms with Gasteiger partial charge in [-0.3, -0.25) is 4.79 Å². The Kier molecular flexibility index (Phi) is 7.81. The Morgan fingerprint density at radius 1 is 0.757 bits per heavy atom. The summed E-state index contributed by atoms with van der Waals surface area (Å²) in [5.74, 6) is 0.600. The highest BCUT2D eigenvalue weighted by atomic mass is 32.2. The molecule has 2 aliphatic heterocycles. The largest absolute Gasteiger partial charge is 0.355 e. The molecule has 1 N–H and O–H groups in total. The van der Waals surface area contributed by atoms with Gasteiger partial charge in [0.15, 0.2) is 5.82 Å². The van der Waals surface area contributed by atoms with Crippen LogP contribution in [0.25, 0.3) is 11.3 Å². The number of rotatable bonds is 6. The number of hydrogen-bond donors (Lipinski definition) is 1. The molecule has 2 saturated heterocycles. The van der Waals surface area contributed by atoms with Crippen molar-refractivity contribution in [2.45, 2.75) is 49.8 Å². The standard InChI is InChI=1S/C28H33N5O3S/c34-28(22-11-13-25(14-12-22)37(35,36)33-19-6-3-7-20-33)29-24-10-8-9-23(21-24)26-15-16-27(31-30-26)32-17-4-1-2-5-18-32/h8-16,21H,1-7,17-20H2,(H,29,34). The summed E-state index contributed by atoms with van der Waals surface area (Å²) in [5, 5.41) is 11.8. The van der Waals surface area contributed by atoms with E-state index in [1.807, 2.05) is 36.4 Å². The fourth-order valence-corrected chi connectivity index (χ4v) is 6.46. The van der Waals surface area contributed by atoms with Gasteiger partial charge in [-0.1, -0.05) is 31.4 Å². The number of carbonyl (C=O) groups is 1. The van der Waals surface area contributed by atoms with Gasteiger partial charge in [0.1, 0.15) is 0 Å². The van der Waals surface area contributed by atoms with Gasteiger partial charge in [0.2, 0.25) is 10.0 Å². The number of piperidine rings is 1. The Morgan fingerprint density at radius 2 is 1.43 bits per heavy atom. The quantitative estimate of drug-likeness (QED) is 0.495. The predicted octanol–water partition coefficient (Wildman–Crippen LogP) is 4.95. The highest BCUT2D eigenvalue weighted by Crippen LogP contribution is 2.24. The summed E-state index contributed by atoms with van der Waals surface area (Å²) in [6, 6.07) is 17.6. The van der Waals surface area contributed by atoms with Crippen LogP contribution in [0.1, 0.15) is 55.3 Å². The van der Waals surface area contributed by atoms with Crippen LogP contribution in [0, 0.1) is 0 Å². The van der Waals surface area contributed by atoms with E-state index in [4.69, 9.17) is 0 Å². The number of carbonyl (C=O) groups excluding carboxylic acids is 1. The molecule has 2 aromatic carbocycles. The zero-order valence-corrected chi connectivity index (χ0v) is 21.8. The molecule has 0 saturated carbocycles. The molecule has 2 aliphatic rings. The number of aromatic nitrogens is 2. The first-order chi connectivity index (χ1) is 18.0. The van der Waals surface area contributed by atoms with Gasteiger partial charge in [-0.15, -0.1) is 10.2 Å². The molecule has 37 heavy (non-hydrogen) atoms. The van der Waals surface area contributed by atoms with Crippen LogP contribution in [0.5, 0.6) is 0 Å². The fourth-order valence-electron chi connectivity index (χ4n) is 4.94. The number of anilines is 2. The van der Waals surface area contributed by atoms with Crippen LogP contribution in [0.4, 0.5) is 11.5 Å². The Balaban J connectivity index is 1.25. The lowest BCUT2D eigenvalue weighted by molar-refractivity contribution is 0.102. The normalized spacial score (nSPS) is 17.2. The third-order valence-corrected chi connectivity index (χ3v) is 8.98. The number of amides is 1. The smallest absolute Gasteiger partial charge is 0.255 e. The van der Waals surface area contributed by atoms with E-state index >= 15 is 0 Å². The lowest BCUT2D eigenvalue weighted by Gasteiger charge is -2.25. The average Bonchev–Trinajstić information content (AvgIpc) is 3.24. The van der Waals surface area contributed by atoms with E-state index in [1.54, 1.807) is 12.1 Å². The first kappa shape index (κ1) is 25.4. The molecule has 2 fully saturated rings. The maximum Gasteiger partial charge on any atom is 0.255 e. The van der Waals surface area contributed by atoms with E-state index < -0.39 is 10.0 Å². The van der Waals surface area contributed by atoms with Crippen molar-refractivity contribution in [3.05, 3.63) is 66.2 Å². The molecule has 3 aromatic rings. The molecule has 1 aromatic heterocycles. The van der Waals surface area contributed by atoms with Crippen molar-refractivity contribution in [3.8, 4) is 11.3 Å².